The van der Waals surface area contributed by atoms with Crippen molar-refractivity contribution in [1.82, 2.24) is 0 Å². The second-order valence-electron chi connectivity index (χ2n) is 3.60. The number of hydrogen-bond donors (Lipinski definition) is 2. The van der Waals surface area contributed by atoms with E-state index in [0.29, 0.717) is 10.6 Å². The van der Waals surface area contributed by atoms with Crippen molar-refractivity contribution in [3.8, 4) is 11.5 Å². The molecule has 86 valence electrons. The van der Waals surface area contributed by atoms with Gasteiger partial charge in [0.2, 0.25) is 0 Å². The molecular weight excluding hydrogens is 236 g/mol. The van der Waals surface area contributed by atoms with Crippen molar-refractivity contribution >= 4 is 23.8 Å². The SMILES string of the molecule is Oc1cccc(C=Cc2ccc(Cl)cc2)c1O. The molecule has 3 heteroatoms. The van der Waals surface area contributed by atoms with E-state index < -0.39 is 0 Å². The molecule has 2 N–H and O–H groups in total. The smallest absolute Gasteiger partial charge is 0.164 e. The third-order valence-corrected chi connectivity index (χ3v) is 2.62. The molecule has 0 bridgehead atoms. The van der Waals surface area contributed by atoms with Gasteiger partial charge < -0.3 is 10.2 Å². The lowest BCUT2D eigenvalue weighted by molar-refractivity contribution is 0.403. The van der Waals surface area contributed by atoms with Crippen molar-refractivity contribution in [3.05, 3.63) is 58.6 Å². The number of halogens is 1. The van der Waals surface area contributed by atoms with Crippen LogP contribution in [0.25, 0.3) is 12.2 Å². The number of aromatic hydroxyl groups is 2. The normalized spacial score (nSPS) is 10.9. The summed E-state index contributed by atoms with van der Waals surface area (Å²) in [6, 6.07) is 12.2. The molecule has 0 heterocycles. The van der Waals surface area contributed by atoms with Crippen LogP contribution in [0.15, 0.2) is 42.5 Å². The molecule has 0 aromatic heterocycles. The Bertz CT molecular complexity index is 545. The van der Waals surface area contributed by atoms with E-state index in [-0.39, 0.29) is 11.5 Å². The average Bonchev–Trinajstić information content (AvgIpc) is 2.33. The number of hydrogen-bond acceptors (Lipinski definition) is 2. The lowest BCUT2D eigenvalue weighted by Gasteiger charge is -2.01. The van der Waals surface area contributed by atoms with Crippen LogP contribution in [0.1, 0.15) is 11.1 Å². The summed E-state index contributed by atoms with van der Waals surface area (Å²) in [5, 5.41) is 19.6. The summed E-state index contributed by atoms with van der Waals surface area (Å²) in [5.74, 6) is -0.235. The summed E-state index contributed by atoms with van der Waals surface area (Å²) in [7, 11) is 0. The van der Waals surface area contributed by atoms with Crippen LogP contribution < -0.4 is 0 Å². The zero-order valence-corrected chi connectivity index (χ0v) is 9.72. The first-order chi connectivity index (χ1) is 8.16. The van der Waals surface area contributed by atoms with Gasteiger partial charge in [-0.1, -0.05) is 48.0 Å². The predicted octanol–water partition coefficient (Wildman–Crippen LogP) is 3.92. The molecule has 0 saturated heterocycles. The van der Waals surface area contributed by atoms with Gasteiger partial charge in [0.1, 0.15) is 0 Å². The minimum atomic E-state index is -0.122. The first kappa shape index (κ1) is 11.6. The van der Waals surface area contributed by atoms with E-state index in [1.807, 2.05) is 18.2 Å². The fraction of sp³-hybridized carbons (Fsp3) is 0. The topological polar surface area (TPSA) is 40.5 Å². The molecule has 2 nitrogen and oxygen atoms in total. The largest absolute Gasteiger partial charge is 0.504 e. The van der Waals surface area contributed by atoms with E-state index in [0.717, 1.165) is 5.56 Å². The second-order valence-corrected chi connectivity index (χ2v) is 4.04. The lowest BCUT2D eigenvalue weighted by Crippen LogP contribution is -1.76. The van der Waals surface area contributed by atoms with Gasteiger partial charge in [-0.25, -0.2) is 0 Å². The molecule has 2 aromatic carbocycles. The van der Waals surface area contributed by atoms with Gasteiger partial charge in [0.25, 0.3) is 0 Å². The van der Waals surface area contributed by atoms with Crippen molar-refractivity contribution in [2.24, 2.45) is 0 Å². The molecule has 0 radical (unpaired) electrons. The van der Waals surface area contributed by atoms with Crippen molar-refractivity contribution in [2.45, 2.75) is 0 Å². The summed E-state index contributed by atoms with van der Waals surface area (Å²) in [6.45, 7) is 0. The Balaban J connectivity index is 2.26. The zero-order valence-electron chi connectivity index (χ0n) is 8.97. The summed E-state index contributed by atoms with van der Waals surface area (Å²) in [5.41, 5.74) is 1.54. The summed E-state index contributed by atoms with van der Waals surface area (Å²) >= 11 is 5.78. The Morgan fingerprint density at radius 1 is 0.882 bits per heavy atom. The molecule has 2 rings (SSSR count). The third-order valence-electron chi connectivity index (χ3n) is 2.37. The van der Waals surface area contributed by atoms with Crippen LogP contribution in [0.2, 0.25) is 5.02 Å². The quantitative estimate of drug-likeness (QED) is 0.623. The van der Waals surface area contributed by atoms with Gasteiger partial charge in [0.05, 0.1) is 0 Å². The Hall–Kier alpha value is -1.93. The van der Waals surface area contributed by atoms with Crippen LogP contribution in [-0.4, -0.2) is 10.2 Å². The molecule has 0 fully saturated rings. The van der Waals surface area contributed by atoms with E-state index in [2.05, 4.69) is 0 Å². The van der Waals surface area contributed by atoms with Crippen molar-refractivity contribution in [1.29, 1.82) is 0 Å². The maximum atomic E-state index is 9.60. The summed E-state index contributed by atoms with van der Waals surface area (Å²) < 4.78 is 0. The van der Waals surface area contributed by atoms with E-state index in [1.54, 1.807) is 30.3 Å². The number of rotatable bonds is 2. The second kappa shape index (κ2) is 4.93. The Morgan fingerprint density at radius 2 is 1.59 bits per heavy atom. The predicted molar refractivity (Wildman–Crippen MR) is 70.2 cm³/mol. The standard InChI is InChI=1S/C14H11ClO2/c15-12-8-5-10(6-9-12)4-7-11-2-1-3-13(16)14(11)17/h1-9,16-17H. The van der Waals surface area contributed by atoms with Crippen LogP contribution in [-0.2, 0) is 0 Å². The highest BCUT2D eigenvalue weighted by Gasteiger charge is 2.01. The number of phenols is 2. The van der Waals surface area contributed by atoms with Gasteiger partial charge in [0.15, 0.2) is 11.5 Å². The van der Waals surface area contributed by atoms with Crippen LogP contribution in [0.4, 0.5) is 0 Å². The average molecular weight is 247 g/mol. The van der Waals surface area contributed by atoms with Gasteiger partial charge in [0, 0.05) is 10.6 Å². The minimum Gasteiger partial charge on any atom is -0.504 e. The third kappa shape index (κ3) is 2.80. The van der Waals surface area contributed by atoms with E-state index in [9.17, 15) is 10.2 Å². The van der Waals surface area contributed by atoms with E-state index >= 15 is 0 Å². The molecule has 2 aromatic rings. The fourth-order valence-electron chi connectivity index (χ4n) is 1.44. The minimum absolute atomic E-state index is 0.113. The molecule has 0 saturated carbocycles. The molecular formula is C14H11ClO2. The Kier molecular flexibility index (Phi) is 3.35. The summed E-state index contributed by atoms with van der Waals surface area (Å²) in [4.78, 5) is 0. The van der Waals surface area contributed by atoms with E-state index in [1.165, 1.54) is 6.07 Å². The van der Waals surface area contributed by atoms with Gasteiger partial charge in [-0.15, -0.1) is 0 Å². The highest BCUT2D eigenvalue weighted by Crippen LogP contribution is 2.29. The number of phenolic OH excluding ortho intramolecular Hbond substituents is 2. The maximum absolute atomic E-state index is 9.60. The first-order valence-corrected chi connectivity index (χ1v) is 5.49. The fourth-order valence-corrected chi connectivity index (χ4v) is 1.57. The van der Waals surface area contributed by atoms with Crippen LogP contribution in [0.3, 0.4) is 0 Å². The van der Waals surface area contributed by atoms with Gasteiger partial charge in [-0.3, -0.25) is 0 Å². The number of para-hydroxylation sites is 1. The van der Waals surface area contributed by atoms with Crippen LogP contribution in [0, 0.1) is 0 Å². The molecule has 0 atom stereocenters. The number of benzene rings is 2. The van der Waals surface area contributed by atoms with Gasteiger partial charge >= 0.3 is 0 Å². The molecule has 0 spiro atoms. The van der Waals surface area contributed by atoms with Crippen LogP contribution >= 0.6 is 11.6 Å². The zero-order chi connectivity index (χ0) is 12.3. The van der Waals surface area contributed by atoms with Crippen molar-refractivity contribution in [2.75, 3.05) is 0 Å². The molecule has 0 unspecified atom stereocenters. The molecule has 0 aliphatic rings. The van der Waals surface area contributed by atoms with Gasteiger partial charge in [-0.05, 0) is 23.8 Å². The first-order valence-electron chi connectivity index (χ1n) is 5.11. The van der Waals surface area contributed by atoms with Crippen molar-refractivity contribution < 1.29 is 10.2 Å². The Morgan fingerprint density at radius 3 is 2.29 bits per heavy atom. The molecule has 0 amide bonds. The molecule has 17 heavy (non-hydrogen) atoms. The molecule has 0 aliphatic carbocycles. The summed E-state index contributed by atoms with van der Waals surface area (Å²) in [6.07, 6.45) is 3.57. The maximum Gasteiger partial charge on any atom is 0.164 e. The Labute approximate surface area is 104 Å². The van der Waals surface area contributed by atoms with E-state index in [4.69, 9.17) is 11.6 Å². The monoisotopic (exact) mass is 246 g/mol. The van der Waals surface area contributed by atoms with Crippen molar-refractivity contribution in [3.63, 3.8) is 0 Å². The highest BCUT2D eigenvalue weighted by atomic mass is 35.5. The van der Waals surface area contributed by atoms with Gasteiger partial charge in [-0.2, -0.15) is 0 Å². The molecule has 0 aliphatic heterocycles. The van der Waals surface area contributed by atoms with Crippen LogP contribution in [0.5, 0.6) is 11.5 Å². The highest BCUT2D eigenvalue weighted by molar-refractivity contribution is 6.30. The lowest BCUT2D eigenvalue weighted by atomic mass is 10.1.